The van der Waals surface area contributed by atoms with Gasteiger partial charge < -0.3 is 15.2 Å². The van der Waals surface area contributed by atoms with Gasteiger partial charge in [-0.1, -0.05) is 42.5 Å². The summed E-state index contributed by atoms with van der Waals surface area (Å²) in [5.74, 6) is 0.971. The first-order valence-electron chi connectivity index (χ1n) is 8.83. The summed E-state index contributed by atoms with van der Waals surface area (Å²) in [4.78, 5) is 2.40. The molecule has 0 aromatic heterocycles. The van der Waals surface area contributed by atoms with Crippen molar-refractivity contribution < 1.29 is 9.84 Å². The molecule has 2 aromatic rings. The van der Waals surface area contributed by atoms with E-state index < -0.39 is 0 Å². The summed E-state index contributed by atoms with van der Waals surface area (Å²) in [6.07, 6.45) is 2.74. The lowest BCUT2D eigenvalue weighted by atomic mass is 10.00. The molecule has 1 fully saturated rings. The van der Waals surface area contributed by atoms with Gasteiger partial charge in [-0.05, 0) is 18.1 Å². The molecule has 1 saturated heterocycles. The number of aromatic hydroxyl groups is 1. The van der Waals surface area contributed by atoms with Crippen molar-refractivity contribution in [1.82, 2.24) is 10.2 Å². The molecule has 2 N–H and O–H groups in total. The van der Waals surface area contributed by atoms with E-state index in [1.165, 1.54) is 0 Å². The van der Waals surface area contributed by atoms with E-state index >= 15 is 0 Å². The predicted molar refractivity (Wildman–Crippen MR) is 115 cm³/mol. The first kappa shape index (κ1) is 23.3. The molecule has 1 heterocycles. The first-order valence-corrected chi connectivity index (χ1v) is 8.83. The minimum absolute atomic E-state index is 0. The molecule has 6 heteroatoms. The molecule has 3 rings (SSSR count). The van der Waals surface area contributed by atoms with Gasteiger partial charge in [-0.15, -0.1) is 31.4 Å². The third kappa shape index (κ3) is 6.43. The number of halogens is 2. The van der Waals surface area contributed by atoms with E-state index in [0.717, 1.165) is 43.7 Å². The fraction of sp³-hybridized carbons (Fsp3) is 0.333. The minimum Gasteiger partial charge on any atom is -0.507 e. The molecule has 0 radical (unpaired) electrons. The van der Waals surface area contributed by atoms with E-state index in [1.54, 1.807) is 6.07 Å². The van der Waals surface area contributed by atoms with Gasteiger partial charge in [0, 0.05) is 43.9 Å². The second-order valence-electron chi connectivity index (χ2n) is 6.32. The van der Waals surface area contributed by atoms with Gasteiger partial charge in [-0.2, -0.15) is 0 Å². The number of hydrogen-bond donors (Lipinski definition) is 2. The molecular weight excluding hydrogens is 383 g/mol. The Bertz CT molecular complexity index is 692. The van der Waals surface area contributed by atoms with E-state index in [-0.39, 0.29) is 36.6 Å². The summed E-state index contributed by atoms with van der Waals surface area (Å²) in [7, 11) is 0. The maximum Gasteiger partial charge on any atom is 0.124 e. The third-order valence-corrected chi connectivity index (χ3v) is 4.59. The molecule has 2 aromatic carbocycles. The number of ether oxygens (including phenoxy) is 1. The van der Waals surface area contributed by atoms with Crippen LogP contribution in [0.25, 0.3) is 0 Å². The molecule has 148 valence electrons. The zero-order valence-electron chi connectivity index (χ0n) is 15.3. The Morgan fingerprint density at radius 1 is 1.11 bits per heavy atom. The van der Waals surface area contributed by atoms with Crippen LogP contribution in [0.5, 0.6) is 11.5 Å². The van der Waals surface area contributed by atoms with Crippen molar-refractivity contribution in [2.75, 3.05) is 26.2 Å². The molecule has 0 amide bonds. The third-order valence-electron chi connectivity index (χ3n) is 4.59. The number of piperazine rings is 1. The van der Waals surface area contributed by atoms with E-state index in [9.17, 15) is 5.11 Å². The van der Waals surface area contributed by atoms with Crippen molar-refractivity contribution in [3.8, 4) is 11.5 Å². The number of phenols is 1. The van der Waals surface area contributed by atoms with Crippen molar-refractivity contribution in [3.63, 3.8) is 0 Å². The van der Waals surface area contributed by atoms with Crippen molar-refractivity contribution in [1.29, 1.82) is 0 Å². The Morgan fingerprint density at radius 2 is 1.81 bits per heavy atom. The van der Waals surface area contributed by atoms with Crippen LogP contribution in [0, 0.1) is 0 Å². The van der Waals surface area contributed by atoms with Crippen LogP contribution in [0.15, 0.2) is 61.2 Å². The highest BCUT2D eigenvalue weighted by Gasteiger charge is 2.23. The summed E-state index contributed by atoms with van der Waals surface area (Å²) in [5, 5.41) is 13.9. The van der Waals surface area contributed by atoms with E-state index in [2.05, 4.69) is 16.8 Å². The van der Waals surface area contributed by atoms with E-state index in [0.29, 0.717) is 12.4 Å². The Kier molecular flexibility index (Phi) is 10.3. The molecule has 0 aliphatic carbocycles. The number of phenolic OH excluding ortho intramolecular Hbond substituents is 1. The maximum atomic E-state index is 10.6. The van der Waals surface area contributed by atoms with Crippen LogP contribution in [0.3, 0.4) is 0 Å². The lowest BCUT2D eigenvalue weighted by molar-refractivity contribution is 0.171. The van der Waals surface area contributed by atoms with Gasteiger partial charge in [0.2, 0.25) is 0 Å². The van der Waals surface area contributed by atoms with Gasteiger partial charge in [-0.25, -0.2) is 0 Å². The summed E-state index contributed by atoms with van der Waals surface area (Å²) in [6, 6.07) is 15.8. The minimum atomic E-state index is 0. The molecule has 0 unspecified atom stereocenters. The van der Waals surface area contributed by atoms with Crippen LogP contribution in [0.4, 0.5) is 0 Å². The highest BCUT2D eigenvalue weighted by Crippen LogP contribution is 2.34. The lowest BCUT2D eigenvalue weighted by Crippen LogP contribution is -2.45. The molecular formula is C21H28Cl2N2O2. The molecule has 27 heavy (non-hydrogen) atoms. The SMILES string of the molecule is C=CC[C@H](c1ccc(OCc2ccccc2)cc1O)N1CCNCC1.Cl.Cl. The maximum absolute atomic E-state index is 10.6. The number of rotatable bonds is 7. The molecule has 4 nitrogen and oxygen atoms in total. The molecule has 1 aliphatic rings. The summed E-state index contributed by atoms with van der Waals surface area (Å²) in [6.45, 7) is 8.29. The number of benzene rings is 2. The molecule has 0 saturated carbocycles. The average Bonchev–Trinajstić information content (AvgIpc) is 2.66. The van der Waals surface area contributed by atoms with Crippen LogP contribution < -0.4 is 10.1 Å². The summed E-state index contributed by atoms with van der Waals surface area (Å²) < 4.78 is 5.81. The summed E-state index contributed by atoms with van der Waals surface area (Å²) >= 11 is 0. The largest absolute Gasteiger partial charge is 0.507 e. The fourth-order valence-corrected chi connectivity index (χ4v) is 3.26. The molecule has 0 bridgehead atoms. The number of nitrogens with zero attached hydrogens (tertiary/aromatic N) is 1. The zero-order chi connectivity index (χ0) is 17.5. The van der Waals surface area contributed by atoms with Crippen molar-refractivity contribution >= 4 is 24.8 Å². The Hall–Kier alpha value is -1.72. The van der Waals surface area contributed by atoms with E-state index in [4.69, 9.17) is 4.74 Å². The normalized spacial score (nSPS) is 15.1. The highest BCUT2D eigenvalue weighted by molar-refractivity contribution is 5.85. The van der Waals surface area contributed by atoms with Crippen molar-refractivity contribution in [2.24, 2.45) is 0 Å². The van der Waals surface area contributed by atoms with Crippen LogP contribution in [-0.2, 0) is 6.61 Å². The molecule has 0 spiro atoms. The number of nitrogens with one attached hydrogen (secondary N) is 1. The van der Waals surface area contributed by atoms with Gasteiger partial charge in [-0.3, -0.25) is 4.90 Å². The standard InChI is InChI=1S/C21H26N2O2.2ClH/c1-2-6-20(23-13-11-22-12-14-23)19-10-9-18(15-21(19)24)25-16-17-7-4-3-5-8-17;;/h2-5,7-10,15,20,22,24H,1,6,11-14,16H2;2*1H/t20-;;/m1../s1. The highest BCUT2D eigenvalue weighted by atomic mass is 35.5. The zero-order valence-corrected chi connectivity index (χ0v) is 17.0. The monoisotopic (exact) mass is 410 g/mol. The van der Waals surface area contributed by atoms with Crippen LogP contribution >= 0.6 is 24.8 Å². The van der Waals surface area contributed by atoms with Crippen LogP contribution in [0.2, 0.25) is 0 Å². The average molecular weight is 411 g/mol. The van der Waals surface area contributed by atoms with Gasteiger partial charge in [0.25, 0.3) is 0 Å². The van der Waals surface area contributed by atoms with Gasteiger partial charge in [0.15, 0.2) is 0 Å². The Balaban J connectivity index is 0.00000182. The fourth-order valence-electron chi connectivity index (χ4n) is 3.26. The second-order valence-corrected chi connectivity index (χ2v) is 6.32. The summed E-state index contributed by atoms with van der Waals surface area (Å²) in [5.41, 5.74) is 2.05. The van der Waals surface area contributed by atoms with Gasteiger partial charge in [0.05, 0.1) is 0 Å². The van der Waals surface area contributed by atoms with Crippen LogP contribution in [-0.4, -0.2) is 36.2 Å². The quantitative estimate of drug-likeness (QED) is 0.666. The van der Waals surface area contributed by atoms with Crippen molar-refractivity contribution in [2.45, 2.75) is 19.1 Å². The number of hydrogen-bond acceptors (Lipinski definition) is 4. The molecule has 1 atom stereocenters. The van der Waals surface area contributed by atoms with Gasteiger partial charge in [0.1, 0.15) is 18.1 Å². The molecule has 1 aliphatic heterocycles. The predicted octanol–water partition coefficient (Wildman–Crippen LogP) is 4.34. The smallest absolute Gasteiger partial charge is 0.124 e. The first-order chi connectivity index (χ1) is 12.3. The van der Waals surface area contributed by atoms with Crippen molar-refractivity contribution in [3.05, 3.63) is 72.3 Å². The lowest BCUT2D eigenvalue weighted by Gasteiger charge is -2.35. The van der Waals surface area contributed by atoms with Gasteiger partial charge >= 0.3 is 0 Å². The second kappa shape index (κ2) is 11.9. The topological polar surface area (TPSA) is 44.7 Å². The Morgan fingerprint density at radius 3 is 2.44 bits per heavy atom. The van der Waals surface area contributed by atoms with Crippen LogP contribution in [0.1, 0.15) is 23.6 Å². The Labute approximate surface area is 174 Å². The van der Waals surface area contributed by atoms with E-state index in [1.807, 2.05) is 48.5 Å².